The van der Waals surface area contributed by atoms with E-state index >= 15 is 0 Å². The van der Waals surface area contributed by atoms with Crippen LogP contribution in [0.25, 0.3) is 5.69 Å². The van der Waals surface area contributed by atoms with Crippen LogP contribution in [0.4, 0.5) is 10.3 Å². The minimum Gasteiger partial charge on any atom is -0.352 e. The van der Waals surface area contributed by atoms with Crippen molar-refractivity contribution in [1.82, 2.24) is 29.9 Å². The van der Waals surface area contributed by atoms with Crippen LogP contribution in [0.2, 0.25) is 5.02 Å². The van der Waals surface area contributed by atoms with Crippen molar-refractivity contribution in [2.45, 2.75) is 33.7 Å². The van der Waals surface area contributed by atoms with Gasteiger partial charge in [0.15, 0.2) is 5.82 Å². The first-order valence-corrected chi connectivity index (χ1v) is 10.1. The Morgan fingerprint density at radius 2 is 1.87 bits per heavy atom. The Morgan fingerprint density at radius 1 is 1.23 bits per heavy atom. The molecule has 0 fully saturated rings. The van der Waals surface area contributed by atoms with Crippen LogP contribution < -0.4 is 5.32 Å². The lowest BCUT2D eigenvalue weighted by Gasteiger charge is -2.29. The molecule has 8 nitrogen and oxygen atoms in total. The Balaban J connectivity index is 0.00000155. The largest absolute Gasteiger partial charge is 0.352 e. The monoisotopic (exact) mass is 433 g/mol. The Kier molecular flexibility index (Phi) is 8.67. The van der Waals surface area contributed by atoms with Crippen molar-refractivity contribution in [3.8, 4) is 5.69 Å². The molecule has 10 heteroatoms. The quantitative estimate of drug-likeness (QED) is 0.609. The van der Waals surface area contributed by atoms with Gasteiger partial charge in [-0.25, -0.2) is 14.4 Å². The van der Waals surface area contributed by atoms with E-state index in [0.717, 1.165) is 4.80 Å². The van der Waals surface area contributed by atoms with E-state index in [1.54, 1.807) is 11.0 Å². The van der Waals surface area contributed by atoms with E-state index in [1.165, 1.54) is 36.9 Å². The highest BCUT2D eigenvalue weighted by atomic mass is 35.5. The number of amides is 1. The number of benzene rings is 1. The minimum absolute atomic E-state index is 0.0251. The van der Waals surface area contributed by atoms with Crippen molar-refractivity contribution < 1.29 is 9.18 Å². The number of anilines is 1. The van der Waals surface area contributed by atoms with Crippen LogP contribution >= 0.6 is 11.6 Å². The summed E-state index contributed by atoms with van der Waals surface area (Å²) in [5.74, 6) is -0.481. The number of carbonyl (C=O) groups is 1. The van der Waals surface area contributed by atoms with E-state index in [9.17, 15) is 9.18 Å². The van der Waals surface area contributed by atoms with Gasteiger partial charge in [-0.1, -0.05) is 31.5 Å². The third kappa shape index (κ3) is 5.50. The van der Waals surface area contributed by atoms with Crippen molar-refractivity contribution in [3.63, 3.8) is 0 Å². The van der Waals surface area contributed by atoms with Crippen LogP contribution in [0, 0.1) is 5.82 Å². The first-order chi connectivity index (χ1) is 14.5. The number of rotatable bonds is 7. The van der Waals surface area contributed by atoms with Gasteiger partial charge >= 0.3 is 0 Å². The van der Waals surface area contributed by atoms with Crippen molar-refractivity contribution in [1.29, 1.82) is 0 Å². The summed E-state index contributed by atoms with van der Waals surface area (Å²) in [7, 11) is 0. The summed E-state index contributed by atoms with van der Waals surface area (Å²) >= 11 is 5.78. The minimum atomic E-state index is -0.571. The second kappa shape index (κ2) is 11.2. The van der Waals surface area contributed by atoms with Gasteiger partial charge in [0.25, 0.3) is 5.91 Å². The molecular formula is C20H25ClFN7O. The Bertz CT molecular complexity index is 935. The second-order valence-electron chi connectivity index (χ2n) is 6.00. The maximum absolute atomic E-state index is 14.4. The molecule has 3 aromatic rings. The topological polar surface area (TPSA) is 88.8 Å². The summed E-state index contributed by atoms with van der Waals surface area (Å²) < 4.78 is 14.4. The van der Waals surface area contributed by atoms with Crippen molar-refractivity contribution in [3.05, 3.63) is 59.4 Å². The highest BCUT2D eigenvalue weighted by Gasteiger charge is 2.25. The Morgan fingerprint density at radius 3 is 2.47 bits per heavy atom. The molecule has 1 aromatic carbocycles. The molecule has 2 heterocycles. The molecule has 1 N–H and O–H groups in total. The van der Waals surface area contributed by atoms with Crippen molar-refractivity contribution in [2.75, 3.05) is 18.4 Å². The number of halogens is 2. The van der Waals surface area contributed by atoms with E-state index in [2.05, 4.69) is 25.5 Å². The molecule has 0 saturated carbocycles. The number of likely N-dealkylation sites (N-methyl/N-ethyl adjacent to an activating group) is 1. The lowest BCUT2D eigenvalue weighted by molar-refractivity contribution is 0.0711. The van der Waals surface area contributed by atoms with Gasteiger partial charge in [-0.15, -0.1) is 4.80 Å². The molecule has 160 valence electrons. The fraction of sp³-hybridized carbons (Fsp3) is 0.350. The van der Waals surface area contributed by atoms with E-state index in [0.29, 0.717) is 24.1 Å². The zero-order valence-corrected chi connectivity index (χ0v) is 18.1. The summed E-state index contributed by atoms with van der Waals surface area (Å²) in [4.78, 5) is 24.0. The Labute approximate surface area is 180 Å². The maximum atomic E-state index is 14.4. The van der Waals surface area contributed by atoms with Gasteiger partial charge in [-0.2, -0.15) is 10.2 Å². The van der Waals surface area contributed by atoms with Gasteiger partial charge in [0.1, 0.15) is 5.69 Å². The summed E-state index contributed by atoms with van der Waals surface area (Å²) in [5.41, 5.74) is 0.213. The summed E-state index contributed by atoms with van der Waals surface area (Å²) in [6, 6.07) is 4.12. The number of hydrogen-bond donors (Lipinski definition) is 1. The third-order valence-corrected chi connectivity index (χ3v) is 4.34. The summed E-state index contributed by atoms with van der Waals surface area (Å²) in [6.07, 6.45) is 5.83. The van der Waals surface area contributed by atoms with Crippen LogP contribution in [0.1, 0.15) is 38.1 Å². The van der Waals surface area contributed by atoms with Crippen LogP contribution in [0.15, 0.2) is 43.0 Å². The fourth-order valence-corrected chi connectivity index (χ4v) is 2.88. The second-order valence-corrected chi connectivity index (χ2v) is 6.44. The summed E-state index contributed by atoms with van der Waals surface area (Å²) in [6.45, 7) is 8.59. The molecule has 2 aromatic heterocycles. The van der Waals surface area contributed by atoms with Crippen LogP contribution in [0.3, 0.4) is 0 Å². The van der Waals surface area contributed by atoms with E-state index in [1.807, 2.05) is 27.7 Å². The molecular weight excluding hydrogens is 409 g/mol. The smallest absolute Gasteiger partial charge is 0.256 e. The molecule has 3 rings (SSSR count). The number of nitrogens with one attached hydrogen (secondary N) is 1. The van der Waals surface area contributed by atoms with Gasteiger partial charge in [0.05, 0.1) is 35.4 Å². The molecule has 1 amide bonds. The molecule has 30 heavy (non-hydrogen) atoms. The average molecular weight is 434 g/mol. The first-order valence-electron chi connectivity index (χ1n) is 9.68. The molecule has 0 bridgehead atoms. The van der Waals surface area contributed by atoms with Crippen molar-refractivity contribution >= 4 is 23.5 Å². The predicted octanol–water partition coefficient (Wildman–Crippen LogP) is 3.84. The zero-order chi connectivity index (χ0) is 22.1. The Hall–Kier alpha value is -3.07. The number of carbonyl (C=O) groups excluding carboxylic acids is 1. The fourth-order valence-electron chi connectivity index (χ4n) is 2.79. The van der Waals surface area contributed by atoms with Crippen LogP contribution in [-0.2, 0) is 0 Å². The summed E-state index contributed by atoms with van der Waals surface area (Å²) in [5, 5.41) is 11.4. The lowest BCUT2D eigenvalue weighted by atomic mass is 10.1. The number of hydrogen-bond acceptors (Lipinski definition) is 6. The van der Waals surface area contributed by atoms with E-state index in [-0.39, 0.29) is 23.2 Å². The molecule has 0 aliphatic carbocycles. The molecule has 1 atom stereocenters. The SMILES string of the molecule is CC.CCN(C(=O)c1cccc(F)c1-n1nccn1)[C@@H](C)CNc1ncc(Cl)cn1. The van der Waals surface area contributed by atoms with E-state index < -0.39 is 5.82 Å². The van der Waals surface area contributed by atoms with Crippen LogP contribution in [0.5, 0.6) is 0 Å². The molecule has 0 saturated heterocycles. The predicted molar refractivity (Wildman–Crippen MR) is 114 cm³/mol. The van der Waals surface area contributed by atoms with Crippen molar-refractivity contribution in [2.24, 2.45) is 0 Å². The van der Waals surface area contributed by atoms with Gasteiger partial charge in [0, 0.05) is 19.1 Å². The molecule has 0 aliphatic rings. The standard InChI is InChI=1S/C18H19ClFN7O.C2H6/c1-3-26(12(2)9-21-18-22-10-13(19)11-23-18)17(28)14-5-4-6-15(20)16(14)27-24-7-8-25-27;1-2/h4-8,10-12H,3,9H2,1-2H3,(H,21,22,23);1-2H3/t12-;/m0./s1. The van der Waals surface area contributed by atoms with Crippen LogP contribution in [-0.4, -0.2) is 54.9 Å². The maximum Gasteiger partial charge on any atom is 0.256 e. The normalized spacial score (nSPS) is 11.3. The first kappa shape index (κ1) is 23.2. The number of para-hydroxylation sites is 1. The zero-order valence-electron chi connectivity index (χ0n) is 17.4. The number of nitrogens with zero attached hydrogens (tertiary/aromatic N) is 6. The number of aromatic nitrogens is 5. The van der Waals surface area contributed by atoms with Gasteiger partial charge in [0.2, 0.25) is 5.95 Å². The lowest BCUT2D eigenvalue weighted by Crippen LogP contribution is -2.42. The molecule has 0 radical (unpaired) electrons. The third-order valence-electron chi connectivity index (χ3n) is 4.15. The van der Waals surface area contributed by atoms with Gasteiger partial charge in [-0.3, -0.25) is 4.79 Å². The highest BCUT2D eigenvalue weighted by Crippen LogP contribution is 2.20. The molecule has 0 spiro atoms. The van der Waals surface area contributed by atoms with Gasteiger partial charge < -0.3 is 10.2 Å². The van der Waals surface area contributed by atoms with E-state index in [4.69, 9.17) is 11.6 Å². The highest BCUT2D eigenvalue weighted by molar-refractivity contribution is 6.30. The average Bonchev–Trinajstić information content (AvgIpc) is 3.29. The molecule has 0 aliphatic heterocycles. The molecule has 0 unspecified atom stereocenters. The van der Waals surface area contributed by atoms with Gasteiger partial charge in [-0.05, 0) is 26.0 Å².